The van der Waals surface area contributed by atoms with Gasteiger partial charge < -0.3 is 5.32 Å². The number of nitrogens with one attached hydrogen (secondary N) is 2. The molecule has 0 atom stereocenters. The Hall–Kier alpha value is -3.94. The van der Waals surface area contributed by atoms with Gasteiger partial charge in [0.05, 0.1) is 5.52 Å². The molecule has 0 aliphatic rings. The highest BCUT2D eigenvalue weighted by Crippen LogP contribution is 2.28. The molecule has 4 aromatic rings. The largest absolute Gasteiger partial charge is 0.304 e. The molecule has 0 fully saturated rings. The Morgan fingerprint density at radius 3 is 2.27 bits per heavy atom. The van der Waals surface area contributed by atoms with Gasteiger partial charge in [0.1, 0.15) is 11.4 Å². The first-order valence-electron chi connectivity index (χ1n) is 8.89. The maximum absolute atomic E-state index is 13.8. The fourth-order valence-corrected chi connectivity index (χ4v) is 3.10. The highest BCUT2D eigenvalue weighted by molar-refractivity contribution is 6.08. The predicted molar refractivity (Wildman–Crippen MR) is 106 cm³/mol. The molecular formula is C22H14F3N3O2. The molecule has 1 amide bonds. The molecule has 0 saturated heterocycles. The van der Waals surface area contributed by atoms with Crippen LogP contribution in [0, 0.1) is 17.5 Å². The Kier molecular flexibility index (Phi) is 4.83. The number of hydrogen-bond donors (Lipinski definition) is 2. The average Bonchev–Trinajstić information content (AvgIpc) is 3.13. The van der Waals surface area contributed by atoms with E-state index in [-0.39, 0.29) is 11.6 Å². The maximum Gasteiger partial charge on any atom is 0.262 e. The van der Waals surface area contributed by atoms with Crippen molar-refractivity contribution < 1.29 is 22.8 Å². The molecule has 30 heavy (non-hydrogen) atoms. The molecule has 0 aliphatic heterocycles. The van der Waals surface area contributed by atoms with Crippen LogP contribution in [0.4, 0.5) is 19.0 Å². The third-order valence-electron chi connectivity index (χ3n) is 4.69. The number of nitrogens with zero attached hydrogens (tertiary/aromatic N) is 1. The van der Waals surface area contributed by atoms with Crippen molar-refractivity contribution in [2.75, 3.05) is 5.32 Å². The molecule has 0 aliphatic carbocycles. The Balaban J connectivity index is 1.64. The summed E-state index contributed by atoms with van der Waals surface area (Å²) in [4.78, 5) is 23.7. The van der Waals surface area contributed by atoms with Crippen molar-refractivity contribution in [2.24, 2.45) is 0 Å². The zero-order chi connectivity index (χ0) is 21.4. The average molecular weight is 409 g/mol. The number of hydrogen-bond acceptors (Lipinski definition) is 3. The van der Waals surface area contributed by atoms with Gasteiger partial charge in [0.2, 0.25) is 0 Å². The van der Waals surface area contributed by atoms with Crippen LogP contribution in [0.1, 0.15) is 27.6 Å². The second kappa shape index (κ2) is 7.47. The van der Waals surface area contributed by atoms with Crippen LogP contribution in [-0.4, -0.2) is 21.9 Å². The SMILES string of the molecule is CC(=O)c1ccc(-c2ccc3c(NC(=O)c4c(F)ccc(F)c4F)n[nH]c3c2)cc1. The third kappa shape index (κ3) is 3.43. The molecule has 150 valence electrons. The van der Waals surface area contributed by atoms with E-state index in [9.17, 15) is 22.8 Å². The summed E-state index contributed by atoms with van der Waals surface area (Å²) in [7, 11) is 0. The third-order valence-corrected chi connectivity index (χ3v) is 4.69. The molecule has 0 unspecified atom stereocenters. The number of aromatic amines is 1. The summed E-state index contributed by atoms with van der Waals surface area (Å²) in [5.74, 6) is -5.20. The number of halogens is 3. The number of amides is 1. The Morgan fingerprint density at radius 1 is 0.900 bits per heavy atom. The van der Waals surface area contributed by atoms with Crippen molar-refractivity contribution in [3.8, 4) is 11.1 Å². The monoisotopic (exact) mass is 409 g/mol. The van der Waals surface area contributed by atoms with E-state index in [1.54, 1.807) is 30.3 Å². The lowest BCUT2D eigenvalue weighted by atomic mass is 10.0. The number of anilines is 1. The molecule has 4 rings (SSSR count). The van der Waals surface area contributed by atoms with Crippen LogP contribution in [0.2, 0.25) is 0 Å². The summed E-state index contributed by atoms with van der Waals surface area (Å²) in [5.41, 5.74) is 1.85. The van der Waals surface area contributed by atoms with Crippen molar-refractivity contribution >= 4 is 28.4 Å². The number of H-pyrrole nitrogens is 1. The van der Waals surface area contributed by atoms with Crippen LogP contribution < -0.4 is 5.32 Å². The minimum Gasteiger partial charge on any atom is -0.304 e. The lowest BCUT2D eigenvalue weighted by Gasteiger charge is -2.06. The lowest BCUT2D eigenvalue weighted by molar-refractivity contribution is 0.100. The van der Waals surface area contributed by atoms with Gasteiger partial charge in [0.25, 0.3) is 5.91 Å². The topological polar surface area (TPSA) is 74.8 Å². The van der Waals surface area contributed by atoms with E-state index >= 15 is 0 Å². The number of aromatic nitrogens is 2. The zero-order valence-corrected chi connectivity index (χ0v) is 15.6. The van der Waals surface area contributed by atoms with Crippen LogP contribution in [-0.2, 0) is 0 Å². The van der Waals surface area contributed by atoms with Gasteiger partial charge in [-0.1, -0.05) is 30.3 Å². The fraction of sp³-hybridized carbons (Fsp3) is 0.0455. The van der Waals surface area contributed by atoms with Crippen molar-refractivity contribution in [2.45, 2.75) is 6.92 Å². The molecule has 0 spiro atoms. The summed E-state index contributed by atoms with van der Waals surface area (Å²) in [6.07, 6.45) is 0. The first kappa shape index (κ1) is 19.4. The van der Waals surface area contributed by atoms with Crippen LogP contribution in [0.5, 0.6) is 0 Å². The Bertz CT molecular complexity index is 1300. The maximum atomic E-state index is 13.8. The number of carbonyl (C=O) groups is 2. The van der Waals surface area contributed by atoms with E-state index in [0.717, 1.165) is 11.1 Å². The molecule has 5 nitrogen and oxygen atoms in total. The smallest absolute Gasteiger partial charge is 0.262 e. The Labute approximate surface area is 168 Å². The predicted octanol–water partition coefficient (Wildman–Crippen LogP) is 5.10. The van der Waals surface area contributed by atoms with E-state index in [4.69, 9.17) is 0 Å². The molecule has 3 aromatic carbocycles. The normalized spacial score (nSPS) is 10.9. The minimum absolute atomic E-state index is 0.0304. The van der Waals surface area contributed by atoms with E-state index in [0.29, 0.717) is 28.6 Å². The number of fused-ring (bicyclic) bond motifs is 1. The molecule has 2 N–H and O–H groups in total. The summed E-state index contributed by atoms with van der Waals surface area (Å²) >= 11 is 0. The standard InChI is InChI=1S/C22H14F3N3O2/c1-11(29)12-2-4-13(5-3-12)14-6-7-15-18(10-14)27-28-21(15)26-22(30)19-16(23)8-9-17(24)20(19)25/h2-10H,1H3,(H2,26,27,28,30). The number of rotatable bonds is 4. The molecule has 0 saturated carbocycles. The second-order valence-corrected chi connectivity index (χ2v) is 6.64. The minimum atomic E-state index is -1.57. The van der Waals surface area contributed by atoms with Gasteiger partial charge in [-0.25, -0.2) is 13.2 Å². The number of Topliss-reactive ketones (excluding diaryl/α,β-unsaturated/α-hetero) is 1. The summed E-state index contributed by atoms with van der Waals surface area (Å²) in [6.45, 7) is 1.49. The van der Waals surface area contributed by atoms with Gasteiger partial charge >= 0.3 is 0 Å². The van der Waals surface area contributed by atoms with E-state index in [1.807, 2.05) is 12.1 Å². The molecule has 0 bridgehead atoms. The molecule has 8 heteroatoms. The van der Waals surface area contributed by atoms with Gasteiger partial charge in [0, 0.05) is 10.9 Å². The van der Waals surface area contributed by atoms with E-state index in [2.05, 4.69) is 15.5 Å². The van der Waals surface area contributed by atoms with Crippen LogP contribution >= 0.6 is 0 Å². The highest BCUT2D eigenvalue weighted by atomic mass is 19.2. The van der Waals surface area contributed by atoms with E-state index in [1.165, 1.54) is 6.92 Å². The van der Waals surface area contributed by atoms with Crippen LogP contribution in [0.25, 0.3) is 22.0 Å². The van der Waals surface area contributed by atoms with Gasteiger partial charge in [-0.15, -0.1) is 0 Å². The first-order chi connectivity index (χ1) is 14.3. The van der Waals surface area contributed by atoms with Gasteiger partial charge in [-0.05, 0) is 42.3 Å². The fourth-order valence-electron chi connectivity index (χ4n) is 3.10. The van der Waals surface area contributed by atoms with Gasteiger partial charge in [0.15, 0.2) is 23.2 Å². The van der Waals surface area contributed by atoms with Crippen molar-refractivity contribution in [1.82, 2.24) is 10.2 Å². The lowest BCUT2D eigenvalue weighted by Crippen LogP contribution is -2.17. The first-order valence-corrected chi connectivity index (χ1v) is 8.89. The van der Waals surface area contributed by atoms with E-state index < -0.39 is 28.9 Å². The molecular weight excluding hydrogens is 395 g/mol. The second-order valence-electron chi connectivity index (χ2n) is 6.64. The van der Waals surface area contributed by atoms with Gasteiger partial charge in [-0.2, -0.15) is 5.10 Å². The summed E-state index contributed by atoms with van der Waals surface area (Å²) in [6, 6.07) is 13.6. The van der Waals surface area contributed by atoms with Crippen LogP contribution in [0.3, 0.4) is 0 Å². The van der Waals surface area contributed by atoms with Crippen molar-refractivity contribution in [3.05, 3.63) is 83.2 Å². The highest BCUT2D eigenvalue weighted by Gasteiger charge is 2.22. The Morgan fingerprint density at radius 2 is 1.57 bits per heavy atom. The summed E-state index contributed by atoms with van der Waals surface area (Å²) in [5, 5.41) is 9.53. The number of carbonyl (C=O) groups excluding carboxylic acids is 2. The summed E-state index contributed by atoms with van der Waals surface area (Å²) < 4.78 is 41.0. The zero-order valence-electron chi connectivity index (χ0n) is 15.6. The quantitative estimate of drug-likeness (QED) is 0.364. The van der Waals surface area contributed by atoms with Crippen molar-refractivity contribution in [1.29, 1.82) is 0 Å². The van der Waals surface area contributed by atoms with Gasteiger partial charge in [-0.3, -0.25) is 14.7 Å². The van der Waals surface area contributed by atoms with Crippen molar-refractivity contribution in [3.63, 3.8) is 0 Å². The number of benzene rings is 3. The number of ketones is 1. The molecule has 1 heterocycles. The van der Waals surface area contributed by atoms with Crippen LogP contribution in [0.15, 0.2) is 54.6 Å². The molecule has 0 radical (unpaired) electrons. The molecule has 1 aromatic heterocycles.